The minimum atomic E-state index is -1.38. The molecular formula is C15H16FN3O4. The van der Waals surface area contributed by atoms with E-state index in [2.05, 4.69) is 5.32 Å². The van der Waals surface area contributed by atoms with Gasteiger partial charge in [0, 0.05) is 12.7 Å². The molecule has 0 fully saturated rings. The highest BCUT2D eigenvalue weighted by Gasteiger charge is 2.30. The number of hydrogen-bond donors (Lipinski definition) is 3. The molecule has 1 aliphatic heterocycles. The lowest BCUT2D eigenvalue weighted by molar-refractivity contribution is 0.0694. The van der Waals surface area contributed by atoms with Gasteiger partial charge in [-0.3, -0.25) is 4.79 Å². The van der Waals surface area contributed by atoms with E-state index in [0.29, 0.717) is 12.1 Å². The molecule has 0 bridgehead atoms. The summed E-state index contributed by atoms with van der Waals surface area (Å²) in [5.74, 6) is -2.01. The molecule has 1 aromatic heterocycles. The topological polar surface area (TPSA) is 107 Å². The number of ether oxygens (including phenoxy) is 1. The lowest BCUT2D eigenvalue weighted by Crippen LogP contribution is -2.28. The molecule has 4 N–H and O–H groups in total. The number of aromatic carboxylic acids is 1. The summed E-state index contributed by atoms with van der Waals surface area (Å²) in [6.45, 7) is 4.26. The Hall–Kier alpha value is -2.77. The number of benzene rings is 1. The quantitative estimate of drug-likeness (QED) is 0.744. The summed E-state index contributed by atoms with van der Waals surface area (Å²) in [5.41, 5.74) is 4.56. The van der Waals surface area contributed by atoms with Crippen molar-refractivity contribution in [3.8, 4) is 5.75 Å². The first-order valence-electron chi connectivity index (χ1n) is 7.18. The van der Waals surface area contributed by atoms with Crippen molar-refractivity contribution in [2.75, 3.05) is 24.2 Å². The van der Waals surface area contributed by atoms with Crippen LogP contribution >= 0.6 is 0 Å². The third kappa shape index (κ3) is 2.01. The van der Waals surface area contributed by atoms with E-state index in [-0.39, 0.29) is 35.2 Å². The Bertz CT molecular complexity index is 891. The maximum atomic E-state index is 14.6. The van der Waals surface area contributed by atoms with Crippen LogP contribution in [0.4, 0.5) is 15.8 Å². The van der Waals surface area contributed by atoms with Gasteiger partial charge in [-0.25, -0.2) is 9.18 Å². The highest BCUT2D eigenvalue weighted by molar-refractivity contribution is 6.03. The predicted molar refractivity (Wildman–Crippen MR) is 83.9 cm³/mol. The third-order valence-corrected chi connectivity index (χ3v) is 3.93. The fourth-order valence-corrected chi connectivity index (χ4v) is 2.84. The van der Waals surface area contributed by atoms with Crippen molar-refractivity contribution in [2.45, 2.75) is 19.9 Å². The number of pyridine rings is 1. The van der Waals surface area contributed by atoms with Gasteiger partial charge in [0.25, 0.3) is 0 Å². The zero-order chi connectivity index (χ0) is 16.9. The summed E-state index contributed by atoms with van der Waals surface area (Å²) in [6.07, 6.45) is 1.26. The Morgan fingerprint density at radius 1 is 1.61 bits per heavy atom. The molecule has 0 radical (unpaired) electrons. The van der Waals surface area contributed by atoms with Gasteiger partial charge in [-0.05, 0) is 13.8 Å². The van der Waals surface area contributed by atoms with Gasteiger partial charge < -0.3 is 25.5 Å². The van der Waals surface area contributed by atoms with E-state index < -0.39 is 22.8 Å². The zero-order valence-electron chi connectivity index (χ0n) is 12.6. The minimum Gasteiger partial charge on any atom is -0.487 e. The van der Waals surface area contributed by atoms with Crippen molar-refractivity contribution in [1.82, 2.24) is 4.57 Å². The Balaban J connectivity index is 2.56. The van der Waals surface area contributed by atoms with Crippen LogP contribution in [0.1, 0.15) is 30.2 Å². The van der Waals surface area contributed by atoms with Crippen LogP contribution in [0.2, 0.25) is 0 Å². The highest BCUT2D eigenvalue weighted by Crippen LogP contribution is 2.42. The number of aromatic nitrogens is 1. The smallest absolute Gasteiger partial charge is 0.341 e. The van der Waals surface area contributed by atoms with Crippen molar-refractivity contribution < 1.29 is 19.0 Å². The first kappa shape index (κ1) is 15.1. The number of nitrogens with one attached hydrogen (secondary N) is 1. The molecule has 7 nitrogen and oxygen atoms in total. The number of hydrogen-bond acceptors (Lipinski definition) is 5. The molecular weight excluding hydrogens is 305 g/mol. The molecule has 0 amide bonds. The van der Waals surface area contributed by atoms with Gasteiger partial charge in [-0.1, -0.05) is 0 Å². The maximum Gasteiger partial charge on any atom is 0.341 e. The van der Waals surface area contributed by atoms with Crippen molar-refractivity contribution in [3.63, 3.8) is 0 Å². The summed E-state index contributed by atoms with van der Waals surface area (Å²) in [7, 11) is 0. The fourth-order valence-electron chi connectivity index (χ4n) is 2.84. The van der Waals surface area contributed by atoms with Gasteiger partial charge in [0.05, 0.1) is 22.6 Å². The van der Waals surface area contributed by atoms with Crippen LogP contribution in [-0.2, 0) is 0 Å². The van der Waals surface area contributed by atoms with E-state index in [1.807, 2.05) is 6.92 Å². The van der Waals surface area contributed by atoms with Crippen LogP contribution in [0.5, 0.6) is 5.75 Å². The Morgan fingerprint density at radius 2 is 2.30 bits per heavy atom. The van der Waals surface area contributed by atoms with Gasteiger partial charge in [0.2, 0.25) is 5.43 Å². The number of nitrogens with zero attached hydrogens (tertiary/aromatic N) is 1. The van der Waals surface area contributed by atoms with Crippen molar-refractivity contribution in [3.05, 3.63) is 27.8 Å². The van der Waals surface area contributed by atoms with Gasteiger partial charge in [-0.15, -0.1) is 0 Å². The van der Waals surface area contributed by atoms with Crippen LogP contribution in [0.3, 0.4) is 0 Å². The first-order chi connectivity index (χ1) is 10.9. The summed E-state index contributed by atoms with van der Waals surface area (Å²) in [5, 5.41) is 11.9. The molecule has 0 unspecified atom stereocenters. The van der Waals surface area contributed by atoms with Crippen LogP contribution in [0, 0.1) is 5.82 Å². The fraction of sp³-hybridized carbons (Fsp3) is 0.333. The molecule has 0 saturated carbocycles. The zero-order valence-corrected chi connectivity index (χ0v) is 12.6. The van der Waals surface area contributed by atoms with Gasteiger partial charge >= 0.3 is 5.97 Å². The largest absolute Gasteiger partial charge is 0.487 e. The predicted octanol–water partition coefficient (Wildman–Crippen LogP) is 1.81. The summed E-state index contributed by atoms with van der Waals surface area (Å²) in [6, 6.07) is -0.219. The third-order valence-electron chi connectivity index (χ3n) is 3.93. The monoisotopic (exact) mass is 321 g/mol. The van der Waals surface area contributed by atoms with E-state index in [9.17, 15) is 19.1 Å². The normalized spacial score (nSPS) is 16.2. The molecule has 122 valence electrons. The maximum absolute atomic E-state index is 14.6. The van der Waals surface area contributed by atoms with E-state index in [1.54, 1.807) is 11.5 Å². The summed E-state index contributed by atoms with van der Waals surface area (Å²) in [4.78, 5) is 23.8. The number of anilines is 2. The lowest BCUT2D eigenvalue weighted by atomic mass is 10.0. The molecule has 8 heteroatoms. The van der Waals surface area contributed by atoms with E-state index >= 15 is 0 Å². The minimum absolute atomic E-state index is 0.0839. The average molecular weight is 321 g/mol. The van der Waals surface area contributed by atoms with Crippen LogP contribution in [0.15, 0.2) is 11.0 Å². The molecule has 1 aliphatic rings. The van der Waals surface area contributed by atoms with Crippen molar-refractivity contribution in [2.24, 2.45) is 0 Å². The van der Waals surface area contributed by atoms with Gasteiger partial charge in [0.15, 0.2) is 11.6 Å². The van der Waals surface area contributed by atoms with E-state index in [0.717, 1.165) is 0 Å². The van der Waals surface area contributed by atoms with Gasteiger partial charge in [-0.2, -0.15) is 0 Å². The molecule has 0 saturated heterocycles. The highest BCUT2D eigenvalue weighted by atomic mass is 19.1. The number of halogens is 1. The summed E-state index contributed by atoms with van der Waals surface area (Å²) >= 11 is 0. The van der Waals surface area contributed by atoms with E-state index in [1.165, 1.54) is 6.20 Å². The molecule has 1 aromatic carbocycles. The number of nitrogens with two attached hydrogens (primary N) is 1. The molecule has 0 spiro atoms. The number of rotatable bonds is 3. The van der Waals surface area contributed by atoms with Crippen LogP contribution in [-0.4, -0.2) is 28.8 Å². The summed E-state index contributed by atoms with van der Waals surface area (Å²) < 4.78 is 21.8. The number of carboxylic acid groups (broad SMARTS) is 1. The second-order valence-corrected chi connectivity index (χ2v) is 5.43. The second kappa shape index (κ2) is 5.15. The lowest BCUT2D eigenvalue weighted by Gasteiger charge is -2.29. The van der Waals surface area contributed by atoms with Crippen molar-refractivity contribution in [1.29, 1.82) is 0 Å². The molecule has 2 aromatic rings. The first-order valence-corrected chi connectivity index (χ1v) is 7.18. The number of carbonyl (C=O) groups is 1. The molecule has 23 heavy (non-hydrogen) atoms. The van der Waals surface area contributed by atoms with Crippen molar-refractivity contribution >= 4 is 28.2 Å². The Kier molecular flexibility index (Phi) is 3.39. The molecule has 1 atom stereocenters. The number of nitrogen functional groups attached to an aromatic ring is 1. The standard InChI is InChI=1S/C15H16FN3O4/c1-3-18-11-9(16)10(17)8-12-14(11)23-5-6(2)19(12)4-7(13(8)20)15(21)22/h4,6,18H,3,5,17H2,1-2H3,(H,21,22)/t6-/m0/s1. The molecule has 0 aliphatic carbocycles. The second-order valence-electron chi connectivity index (χ2n) is 5.43. The average Bonchev–Trinajstić information content (AvgIpc) is 2.50. The molecule has 2 heterocycles. The van der Waals surface area contributed by atoms with Crippen LogP contribution < -0.4 is 21.2 Å². The number of carboxylic acids is 1. The Morgan fingerprint density at radius 3 is 2.91 bits per heavy atom. The van der Waals surface area contributed by atoms with E-state index in [4.69, 9.17) is 10.5 Å². The van der Waals surface area contributed by atoms with Crippen LogP contribution in [0.25, 0.3) is 10.9 Å². The molecule has 3 rings (SSSR count). The SMILES string of the molecule is CCNc1c(F)c(N)c2c(=O)c(C(=O)O)cn3c2c1OC[C@@H]3C. The van der Waals surface area contributed by atoms with Gasteiger partial charge in [0.1, 0.15) is 17.9 Å². The Labute approximate surface area is 130 Å².